The summed E-state index contributed by atoms with van der Waals surface area (Å²) in [6.07, 6.45) is 52.1. The van der Waals surface area contributed by atoms with Gasteiger partial charge in [-0.25, -0.2) is 4.79 Å². The van der Waals surface area contributed by atoms with Crippen molar-refractivity contribution < 1.29 is 58.2 Å². The van der Waals surface area contributed by atoms with Gasteiger partial charge in [-0.2, -0.15) is 0 Å². The number of esters is 3. The van der Waals surface area contributed by atoms with E-state index in [1.54, 1.807) is 0 Å². The van der Waals surface area contributed by atoms with Gasteiger partial charge >= 0.3 is 23.9 Å². The Bertz CT molecular complexity index is 1520. The van der Waals surface area contributed by atoms with Crippen molar-refractivity contribution in [1.82, 2.24) is 0 Å². The number of carbonyl (C=O) groups is 4. The molecule has 1 aliphatic heterocycles. The zero-order chi connectivity index (χ0) is 56.1. The summed E-state index contributed by atoms with van der Waals surface area (Å²) in [5.74, 6) is -3.12. The molecule has 0 spiro atoms. The van der Waals surface area contributed by atoms with Crippen molar-refractivity contribution in [2.75, 3.05) is 13.2 Å². The highest BCUT2D eigenvalue weighted by molar-refractivity contribution is 5.74. The molecule has 1 fully saturated rings. The molecule has 0 saturated carbocycles. The van der Waals surface area contributed by atoms with Gasteiger partial charge in [-0.15, -0.1) is 0 Å². The van der Waals surface area contributed by atoms with Gasteiger partial charge in [0.05, 0.1) is 6.61 Å². The normalized spacial score (nSPS) is 18.3. The zero-order valence-electron chi connectivity index (χ0n) is 49.2. The van der Waals surface area contributed by atoms with Crippen LogP contribution in [0.25, 0.3) is 0 Å². The van der Waals surface area contributed by atoms with Crippen molar-refractivity contribution in [3.8, 4) is 0 Å². The van der Waals surface area contributed by atoms with Crippen LogP contribution in [-0.4, -0.2) is 89.2 Å². The molecular formula is C65H114O12. The lowest BCUT2D eigenvalue weighted by Gasteiger charge is -2.40. The topological polar surface area (TPSA) is 175 Å². The van der Waals surface area contributed by atoms with Crippen LogP contribution in [0.2, 0.25) is 0 Å². The van der Waals surface area contributed by atoms with Crippen LogP contribution in [0.4, 0.5) is 0 Å². The summed E-state index contributed by atoms with van der Waals surface area (Å²) in [4.78, 5) is 51.2. The summed E-state index contributed by atoms with van der Waals surface area (Å²) in [6, 6.07) is 0. The van der Waals surface area contributed by atoms with Crippen LogP contribution in [0.5, 0.6) is 0 Å². The van der Waals surface area contributed by atoms with Crippen molar-refractivity contribution in [2.24, 2.45) is 0 Å². The Morgan fingerprint density at radius 3 is 1.26 bits per heavy atom. The molecule has 1 rings (SSSR count). The van der Waals surface area contributed by atoms with E-state index in [4.69, 9.17) is 23.7 Å². The molecule has 6 unspecified atom stereocenters. The Morgan fingerprint density at radius 1 is 0.442 bits per heavy atom. The summed E-state index contributed by atoms with van der Waals surface area (Å²) >= 11 is 0. The molecule has 0 aliphatic carbocycles. The standard InChI is InChI=1S/C65H114O12/c1-4-7-10-13-16-19-22-25-28-29-32-35-38-41-44-47-50-53-59(68)76-63-61(70)60(69)62(64(71)72)77-65(63)74-55-56(75-58(67)52-49-46-43-40-37-34-31-27-24-21-18-15-12-9-6-3)54-73-57(66)51-48-45-42-39-36-33-30-26-23-20-17-14-11-8-5-2/h8,11,17,20,25-26,28,30,56,60-63,65,69-70H,4-7,9-10,12-16,18-19,21-24,27,29,31-55H2,1-3H3,(H,71,72)/b11-8-,20-17-,28-25-,30-26-. The molecular weight excluding hydrogens is 973 g/mol. The maximum Gasteiger partial charge on any atom is 0.335 e. The van der Waals surface area contributed by atoms with Gasteiger partial charge in [0.1, 0.15) is 18.8 Å². The fraction of sp³-hybridized carbons (Fsp3) is 0.815. The largest absolute Gasteiger partial charge is 0.479 e. The SMILES string of the molecule is CC/C=C\C/C=C\C/C=C\CCCCCCCC(=O)OCC(COC1OC(C(=O)O)C(O)C(O)C1OC(=O)CCCCCCCCC/C=C\CCCCCCCC)OC(=O)CCCCCCCCCCCCCCCCC. The van der Waals surface area contributed by atoms with E-state index >= 15 is 0 Å². The van der Waals surface area contributed by atoms with Gasteiger partial charge in [-0.05, 0) is 77.0 Å². The van der Waals surface area contributed by atoms with Gasteiger partial charge in [-0.3, -0.25) is 14.4 Å². The van der Waals surface area contributed by atoms with Gasteiger partial charge in [0.25, 0.3) is 0 Å². The summed E-state index contributed by atoms with van der Waals surface area (Å²) in [5, 5.41) is 31.5. The third-order valence-electron chi connectivity index (χ3n) is 14.4. The Hall–Kier alpha value is -3.32. The number of aliphatic carboxylic acids is 1. The first-order valence-corrected chi connectivity index (χ1v) is 31.6. The minimum absolute atomic E-state index is 0.0560. The number of aliphatic hydroxyl groups is 2. The number of hydrogen-bond donors (Lipinski definition) is 3. The molecule has 12 heteroatoms. The van der Waals surface area contributed by atoms with Crippen LogP contribution in [-0.2, 0) is 42.9 Å². The highest BCUT2D eigenvalue weighted by atomic mass is 16.7. The lowest BCUT2D eigenvalue weighted by molar-refractivity contribution is -0.301. The quantitative estimate of drug-likeness (QED) is 0.0228. The van der Waals surface area contributed by atoms with E-state index in [0.717, 1.165) is 103 Å². The van der Waals surface area contributed by atoms with Gasteiger partial charge in [0.2, 0.25) is 0 Å². The molecule has 446 valence electrons. The van der Waals surface area contributed by atoms with E-state index < -0.39 is 67.3 Å². The van der Waals surface area contributed by atoms with E-state index in [2.05, 4.69) is 69.4 Å². The molecule has 12 nitrogen and oxygen atoms in total. The minimum Gasteiger partial charge on any atom is -0.479 e. The predicted molar refractivity (Wildman–Crippen MR) is 312 cm³/mol. The highest BCUT2D eigenvalue weighted by Crippen LogP contribution is 2.27. The second kappa shape index (κ2) is 53.3. The maximum absolute atomic E-state index is 13.2. The van der Waals surface area contributed by atoms with Gasteiger partial charge in [0, 0.05) is 19.3 Å². The Labute approximate surface area is 469 Å². The van der Waals surface area contributed by atoms with Crippen molar-refractivity contribution in [3.05, 3.63) is 48.6 Å². The van der Waals surface area contributed by atoms with Crippen LogP contribution in [0.3, 0.4) is 0 Å². The molecule has 3 N–H and O–H groups in total. The van der Waals surface area contributed by atoms with Gasteiger partial charge in [0.15, 0.2) is 24.6 Å². The lowest BCUT2D eigenvalue weighted by atomic mass is 9.98. The summed E-state index contributed by atoms with van der Waals surface area (Å²) < 4.78 is 28.5. The van der Waals surface area contributed by atoms with Crippen molar-refractivity contribution >= 4 is 23.9 Å². The van der Waals surface area contributed by atoms with E-state index in [-0.39, 0.29) is 25.9 Å². The predicted octanol–water partition coefficient (Wildman–Crippen LogP) is 16.6. The third-order valence-corrected chi connectivity index (χ3v) is 14.4. The molecule has 0 aromatic rings. The second-order valence-electron chi connectivity index (χ2n) is 21.7. The smallest absolute Gasteiger partial charge is 0.335 e. The lowest BCUT2D eigenvalue weighted by Crippen LogP contribution is -2.61. The van der Waals surface area contributed by atoms with Crippen LogP contribution < -0.4 is 0 Å². The van der Waals surface area contributed by atoms with Gasteiger partial charge < -0.3 is 39.0 Å². The molecule has 77 heavy (non-hydrogen) atoms. The van der Waals surface area contributed by atoms with E-state index in [1.807, 2.05) is 0 Å². The molecule has 0 radical (unpaired) electrons. The maximum atomic E-state index is 13.2. The number of hydrogen-bond acceptors (Lipinski definition) is 11. The zero-order valence-corrected chi connectivity index (χ0v) is 49.2. The monoisotopic (exact) mass is 1090 g/mol. The van der Waals surface area contributed by atoms with Crippen LogP contribution in [0, 0.1) is 0 Å². The number of rotatable bonds is 54. The molecule has 0 aromatic heterocycles. The molecule has 1 saturated heterocycles. The first-order chi connectivity index (χ1) is 37.6. The molecule has 0 bridgehead atoms. The number of carboxylic acids is 1. The number of ether oxygens (including phenoxy) is 5. The van der Waals surface area contributed by atoms with Crippen molar-refractivity contribution in [3.63, 3.8) is 0 Å². The van der Waals surface area contributed by atoms with E-state index in [0.29, 0.717) is 19.3 Å². The summed E-state index contributed by atoms with van der Waals surface area (Å²) in [6.45, 7) is 5.90. The van der Waals surface area contributed by atoms with Crippen molar-refractivity contribution in [2.45, 2.75) is 327 Å². The molecule has 6 atom stereocenters. The number of unbranched alkanes of at least 4 members (excludes halogenated alkanes) is 32. The van der Waals surface area contributed by atoms with Gasteiger partial charge in [-0.1, -0.05) is 243 Å². The van der Waals surface area contributed by atoms with E-state index in [1.165, 1.54) is 128 Å². The number of allylic oxidation sites excluding steroid dienone is 8. The van der Waals surface area contributed by atoms with E-state index in [9.17, 15) is 34.5 Å². The molecule has 0 amide bonds. The number of carboxylic acid groups (broad SMARTS) is 1. The first-order valence-electron chi connectivity index (χ1n) is 31.6. The minimum atomic E-state index is -1.90. The Balaban J connectivity index is 2.67. The number of carbonyl (C=O) groups excluding carboxylic acids is 3. The Kier molecular flexibility index (Phi) is 49.7. The fourth-order valence-corrected chi connectivity index (χ4v) is 9.56. The van der Waals surface area contributed by atoms with Crippen LogP contribution >= 0.6 is 0 Å². The highest BCUT2D eigenvalue weighted by Gasteiger charge is 2.50. The van der Waals surface area contributed by atoms with Crippen LogP contribution in [0.15, 0.2) is 48.6 Å². The summed E-state index contributed by atoms with van der Waals surface area (Å²) in [7, 11) is 0. The second-order valence-corrected chi connectivity index (χ2v) is 21.7. The van der Waals surface area contributed by atoms with Crippen LogP contribution in [0.1, 0.15) is 290 Å². The van der Waals surface area contributed by atoms with Crippen molar-refractivity contribution in [1.29, 1.82) is 0 Å². The average Bonchev–Trinajstić information content (AvgIpc) is 3.42. The third kappa shape index (κ3) is 43.2. The number of aliphatic hydroxyl groups excluding tert-OH is 2. The average molecular weight is 1090 g/mol. The molecule has 0 aromatic carbocycles. The molecule has 1 heterocycles. The fourth-order valence-electron chi connectivity index (χ4n) is 9.56. The summed E-state index contributed by atoms with van der Waals surface area (Å²) in [5.41, 5.74) is 0. The Morgan fingerprint density at radius 2 is 0.818 bits per heavy atom. The molecule has 1 aliphatic rings. The first kappa shape index (κ1) is 71.7.